The number of carbonyl (C=O) groups is 2. The van der Waals surface area contributed by atoms with Gasteiger partial charge in [0.05, 0.1) is 17.8 Å². The Morgan fingerprint density at radius 2 is 2.00 bits per heavy atom. The topological polar surface area (TPSA) is 73.1 Å². The number of anilines is 2. The average Bonchev–Trinajstić information content (AvgIpc) is 3.33. The van der Waals surface area contributed by atoms with Crippen LogP contribution in [0.2, 0.25) is 0 Å². The monoisotopic (exact) mass is 556 g/mol. The molecule has 8 nitrogen and oxygen atoms in total. The molecule has 5 rings (SSSR count). The van der Waals surface area contributed by atoms with Crippen molar-refractivity contribution >= 4 is 46.3 Å². The van der Waals surface area contributed by atoms with Crippen LogP contribution in [-0.2, 0) is 4.79 Å². The maximum atomic E-state index is 15.2. The highest BCUT2D eigenvalue weighted by Crippen LogP contribution is 2.48. The van der Waals surface area contributed by atoms with Crippen molar-refractivity contribution in [3.63, 3.8) is 0 Å². The lowest BCUT2D eigenvalue weighted by Crippen LogP contribution is -2.55. The van der Waals surface area contributed by atoms with E-state index >= 15 is 4.39 Å². The summed E-state index contributed by atoms with van der Waals surface area (Å²) in [7, 11) is 0. The van der Waals surface area contributed by atoms with Crippen LogP contribution in [0.4, 0.5) is 30.4 Å². The first-order valence-corrected chi connectivity index (χ1v) is 13.2. The van der Waals surface area contributed by atoms with Crippen LogP contribution in [0.5, 0.6) is 0 Å². The van der Waals surface area contributed by atoms with Gasteiger partial charge in [-0.25, -0.2) is 13.2 Å². The van der Waals surface area contributed by atoms with E-state index in [1.54, 1.807) is 28.9 Å². The van der Waals surface area contributed by atoms with Gasteiger partial charge in [-0.05, 0) is 74.7 Å². The van der Waals surface area contributed by atoms with E-state index in [-0.39, 0.29) is 41.9 Å². The summed E-state index contributed by atoms with van der Waals surface area (Å²) >= 11 is 5.70. The van der Waals surface area contributed by atoms with Gasteiger partial charge in [-0.3, -0.25) is 19.4 Å². The molecule has 0 unspecified atom stereocenters. The van der Waals surface area contributed by atoms with Crippen LogP contribution in [0.1, 0.15) is 48.0 Å². The van der Waals surface area contributed by atoms with Gasteiger partial charge in [0, 0.05) is 31.7 Å². The van der Waals surface area contributed by atoms with E-state index in [1.165, 1.54) is 23.2 Å². The molecule has 3 aliphatic rings. The average molecular weight is 557 g/mol. The number of hydrogen-bond donors (Lipinski definition) is 1. The van der Waals surface area contributed by atoms with Crippen molar-refractivity contribution in [2.75, 3.05) is 36.0 Å². The van der Waals surface area contributed by atoms with Crippen LogP contribution >= 0.6 is 12.2 Å². The van der Waals surface area contributed by atoms with Crippen molar-refractivity contribution in [2.45, 2.75) is 50.5 Å². The number of nitrogens with one attached hydrogen (secondary N) is 1. The first kappa shape index (κ1) is 27.0. The summed E-state index contributed by atoms with van der Waals surface area (Å²) < 4.78 is 41.8. The van der Waals surface area contributed by atoms with Crippen molar-refractivity contribution in [1.82, 2.24) is 15.2 Å². The first-order chi connectivity index (χ1) is 18.6. The molecule has 0 atom stereocenters. The van der Waals surface area contributed by atoms with Gasteiger partial charge >= 0.3 is 0 Å². The lowest BCUT2D eigenvalue weighted by Gasteiger charge is -2.43. The molecule has 2 saturated heterocycles. The highest BCUT2D eigenvalue weighted by molar-refractivity contribution is 7.81. The fourth-order valence-electron chi connectivity index (χ4n) is 5.43. The van der Waals surface area contributed by atoms with Crippen molar-refractivity contribution < 1.29 is 22.8 Å². The minimum absolute atomic E-state index is 0.156. The number of thiocarbonyl (C=S) groups is 1. The minimum Gasteiger partial charge on any atom is -0.360 e. The Labute approximate surface area is 229 Å². The van der Waals surface area contributed by atoms with Gasteiger partial charge in [-0.1, -0.05) is 6.57 Å². The fourth-order valence-corrected chi connectivity index (χ4v) is 5.89. The molecule has 39 heavy (non-hydrogen) atoms. The predicted octanol–water partition coefficient (Wildman–Crippen LogP) is 4.60. The van der Waals surface area contributed by atoms with Crippen LogP contribution in [-0.4, -0.2) is 64.5 Å². The maximum Gasteiger partial charge on any atom is 0.272 e. The second kappa shape index (κ2) is 10.2. The highest BCUT2D eigenvalue weighted by Gasteiger charge is 2.59. The third-order valence-corrected chi connectivity index (χ3v) is 8.00. The lowest BCUT2D eigenvalue weighted by molar-refractivity contribution is -0.123. The lowest BCUT2D eigenvalue weighted by atomic mass is 9.75. The zero-order valence-electron chi connectivity index (χ0n) is 21.3. The largest absolute Gasteiger partial charge is 0.360 e. The van der Waals surface area contributed by atoms with E-state index < -0.39 is 23.2 Å². The van der Waals surface area contributed by atoms with Crippen molar-refractivity contribution in [3.05, 3.63) is 58.8 Å². The SMILES string of the molecule is [C-]#[N+]c1ncc(N2C(=O)C3(CCC3)N(c3ccc(C(=O)NCCCN4CCC(F)(F)C4)c(F)c3)C2=S)cc1C. The Balaban J connectivity index is 1.30. The Kier molecular flexibility index (Phi) is 7.07. The third-order valence-electron chi connectivity index (χ3n) is 7.63. The molecule has 12 heteroatoms. The van der Waals surface area contributed by atoms with E-state index in [0.717, 1.165) is 6.42 Å². The molecule has 3 heterocycles. The minimum atomic E-state index is -2.66. The summed E-state index contributed by atoms with van der Waals surface area (Å²) in [5.74, 6) is -4.02. The number of amides is 2. The summed E-state index contributed by atoms with van der Waals surface area (Å²) in [5.41, 5.74) is 0.322. The number of hydrogen-bond acceptors (Lipinski definition) is 5. The third kappa shape index (κ3) is 4.85. The molecule has 2 aromatic rings. The number of nitrogens with zero attached hydrogens (tertiary/aromatic N) is 5. The van der Waals surface area contributed by atoms with Gasteiger partial charge < -0.3 is 15.1 Å². The van der Waals surface area contributed by atoms with Crippen molar-refractivity contribution in [2.24, 2.45) is 0 Å². The number of aryl methyl sites for hydroxylation is 1. The second-order valence-corrected chi connectivity index (χ2v) is 10.6. The summed E-state index contributed by atoms with van der Waals surface area (Å²) in [6, 6.07) is 5.82. The van der Waals surface area contributed by atoms with Crippen LogP contribution < -0.4 is 15.1 Å². The molecule has 1 saturated carbocycles. The van der Waals surface area contributed by atoms with Crippen molar-refractivity contribution in [1.29, 1.82) is 0 Å². The number of pyridine rings is 1. The Morgan fingerprint density at radius 1 is 1.23 bits per heavy atom. The molecule has 1 aliphatic carbocycles. The molecule has 1 N–H and O–H groups in total. The van der Waals surface area contributed by atoms with E-state index in [0.29, 0.717) is 49.3 Å². The van der Waals surface area contributed by atoms with Gasteiger partial charge in [0.2, 0.25) is 0 Å². The number of halogens is 3. The van der Waals surface area contributed by atoms with Crippen LogP contribution in [0.25, 0.3) is 4.85 Å². The molecular weight excluding hydrogens is 529 g/mol. The molecule has 1 aromatic heterocycles. The van der Waals surface area contributed by atoms with Gasteiger partial charge in [-0.2, -0.15) is 0 Å². The molecule has 3 fully saturated rings. The summed E-state index contributed by atoms with van der Waals surface area (Å²) in [4.78, 5) is 38.4. The van der Waals surface area contributed by atoms with E-state index in [9.17, 15) is 18.4 Å². The molecule has 204 valence electrons. The molecule has 1 spiro atoms. The van der Waals surface area contributed by atoms with Gasteiger partial charge in [0.1, 0.15) is 17.6 Å². The smallest absolute Gasteiger partial charge is 0.272 e. The molecule has 2 amide bonds. The number of benzene rings is 1. The number of carbonyl (C=O) groups excluding carboxylic acids is 2. The number of aromatic nitrogens is 1. The fraction of sp³-hybridized carbons (Fsp3) is 0.444. The number of alkyl halides is 2. The van der Waals surface area contributed by atoms with E-state index in [1.807, 2.05) is 0 Å². The number of likely N-dealkylation sites (tertiary alicyclic amines) is 1. The summed E-state index contributed by atoms with van der Waals surface area (Å²) in [6.45, 7) is 9.63. The van der Waals surface area contributed by atoms with Crippen molar-refractivity contribution in [3.8, 4) is 0 Å². The highest BCUT2D eigenvalue weighted by atomic mass is 32.1. The van der Waals surface area contributed by atoms with Crippen LogP contribution in [0.3, 0.4) is 0 Å². The zero-order chi connectivity index (χ0) is 27.9. The Hall–Kier alpha value is -3.56. The molecule has 2 aliphatic heterocycles. The molecule has 1 aromatic carbocycles. The normalized spacial score (nSPS) is 19.9. The summed E-state index contributed by atoms with van der Waals surface area (Å²) in [6.07, 6.45) is 3.64. The van der Waals surface area contributed by atoms with E-state index in [2.05, 4.69) is 15.1 Å². The summed E-state index contributed by atoms with van der Waals surface area (Å²) in [5, 5.41) is 2.83. The van der Waals surface area contributed by atoms with Gasteiger partial charge in [0.25, 0.3) is 23.6 Å². The maximum absolute atomic E-state index is 15.2. The molecule has 0 radical (unpaired) electrons. The Morgan fingerprint density at radius 3 is 2.59 bits per heavy atom. The first-order valence-electron chi connectivity index (χ1n) is 12.8. The number of rotatable bonds is 7. The predicted molar refractivity (Wildman–Crippen MR) is 144 cm³/mol. The molecular formula is C27H27F3N6O2S. The quantitative estimate of drug-likeness (QED) is 0.305. The Bertz CT molecular complexity index is 1390. The molecule has 0 bridgehead atoms. The van der Waals surface area contributed by atoms with Crippen LogP contribution in [0, 0.1) is 19.3 Å². The van der Waals surface area contributed by atoms with Crippen LogP contribution in [0.15, 0.2) is 30.5 Å². The second-order valence-electron chi connectivity index (χ2n) is 10.2. The van der Waals surface area contributed by atoms with Gasteiger partial charge in [0.15, 0.2) is 5.11 Å². The van der Waals surface area contributed by atoms with Gasteiger partial charge in [-0.15, -0.1) is 4.98 Å². The van der Waals surface area contributed by atoms with E-state index in [4.69, 9.17) is 18.8 Å². The standard InChI is InChI=1S/C27H27F3N6O2S/c1-17-13-19(15-33-22(17)31-2)35-24(38)26(7-3-8-26)36(25(35)39)18-5-6-20(21(28)14-18)23(37)32-10-4-11-34-12-9-27(29,30)16-34/h5-6,13-15H,3-4,7-12,16H2,1H3,(H,32,37). The zero-order valence-corrected chi connectivity index (χ0v) is 22.2.